The average molecular weight is 268 g/mol. The first-order chi connectivity index (χ1) is 9.28. The number of nitrogens with one attached hydrogen (secondary N) is 1. The van der Waals surface area contributed by atoms with E-state index < -0.39 is 0 Å². The maximum Gasteiger partial charge on any atom is 0.0781 e. The summed E-state index contributed by atoms with van der Waals surface area (Å²) in [7, 11) is 0. The van der Waals surface area contributed by atoms with Crippen LogP contribution in [0.5, 0.6) is 0 Å². The molecule has 0 aliphatic heterocycles. The normalized spacial score (nSPS) is 11.1. The highest BCUT2D eigenvalue weighted by molar-refractivity contribution is 7.99. The minimum atomic E-state index is 0.574. The lowest BCUT2D eigenvalue weighted by Gasteiger charge is -2.09. The van der Waals surface area contributed by atoms with Gasteiger partial charge in [0, 0.05) is 22.3 Å². The van der Waals surface area contributed by atoms with Crippen molar-refractivity contribution in [1.29, 1.82) is 0 Å². The number of H-pyrrole nitrogens is 1. The van der Waals surface area contributed by atoms with E-state index in [1.54, 1.807) is 11.8 Å². The molecular formula is C16H16N2S. The lowest BCUT2D eigenvalue weighted by Crippen LogP contribution is -1.99. The van der Waals surface area contributed by atoms with Crippen LogP contribution in [0, 0.1) is 6.92 Å². The quantitative estimate of drug-likeness (QED) is 0.751. The molecule has 0 fully saturated rings. The minimum Gasteiger partial charge on any atom is -0.349 e. The van der Waals surface area contributed by atoms with E-state index in [0.29, 0.717) is 6.54 Å². The Balaban J connectivity index is 2.01. The minimum absolute atomic E-state index is 0.574. The van der Waals surface area contributed by atoms with Gasteiger partial charge >= 0.3 is 0 Å². The van der Waals surface area contributed by atoms with Gasteiger partial charge in [-0.3, -0.25) is 0 Å². The number of aromatic nitrogens is 1. The molecule has 0 bridgehead atoms. The first kappa shape index (κ1) is 12.3. The lowest BCUT2D eigenvalue weighted by atomic mass is 10.1. The van der Waals surface area contributed by atoms with Crippen LogP contribution in [0.3, 0.4) is 0 Å². The SMILES string of the molecule is Cc1cccc(CN)c1Sc1cc2ccccc2[nH]1. The molecule has 1 aromatic heterocycles. The second-order valence-electron chi connectivity index (χ2n) is 4.59. The fourth-order valence-electron chi connectivity index (χ4n) is 2.23. The molecule has 3 rings (SSSR count). The number of nitrogens with two attached hydrogens (primary N) is 1. The van der Waals surface area contributed by atoms with Crippen molar-refractivity contribution in [3.05, 3.63) is 59.7 Å². The van der Waals surface area contributed by atoms with E-state index in [2.05, 4.69) is 54.4 Å². The van der Waals surface area contributed by atoms with Crippen LogP contribution in [-0.4, -0.2) is 4.98 Å². The van der Waals surface area contributed by atoms with Crippen molar-refractivity contribution in [2.45, 2.75) is 23.4 Å². The maximum absolute atomic E-state index is 5.82. The van der Waals surface area contributed by atoms with Crippen molar-refractivity contribution < 1.29 is 0 Å². The van der Waals surface area contributed by atoms with Crippen molar-refractivity contribution in [2.24, 2.45) is 5.73 Å². The molecule has 3 aromatic rings. The van der Waals surface area contributed by atoms with E-state index in [1.165, 1.54) is 26.9 Å². The zero-order valence-electron chi connectivity index (χ0n) is 10.8. The number of rotatable bonds is 3. The molecule has 0 spiro atoms. The molecule has 19 heavy (non-hydrogen) atoms. The van der Waals surface area contributed by atoms with Crippen molar-refractivity contribution in [2.75, 3.05) is 0 Å². The van der Waals surface area contributed by atoms with Gasteiger partial charge in [-0.1, -0.05) is 48.2 Å². The first-order valence-electron chi connectivity index (χ1n) is 6.32. The second kappa shape index (κ2) is 5.11. The zero-order chi connectivity index (χ0) is 13.2. The predicted octanol–water partition coefficient (Wildman–Crippen LogP) is 4.09. The Hall–Kier alpha value is -1.71. The van der Waals surface area contributed by atoms with Gasteiger partial charge in [-0.25, -0.2) is 0 Å². The molecule has 2 nitrogen and oxygen atoms in total. The largest absolute Gasteiger partial charge is 0.349 e. The van der Waals surface area contributed by atoms with Gasteiger partial charge in [0.25, 0.3) is 0 Å². The molecule has 0 saturated carbocycles. The summed E-state index contributed by atoms with van der Waals surface area (Å²) >= 11 is 1.76. The molecule has 0 aliphatic carbocycles. The van der Waals surface area contributed by atoms with Crippen molar-refractivity contribution in [3.8, 4) is 0 Å². The predicted molar refractivity (Wildman–Crippen MR) is 81.5 cm³/mol. The van der Waals surface area contributed by atoms with E-state index in [9.17, 15) is 0 Å². The molecule has 2 aromatic carbocycles. The molecule has 0 amide bonds. The topological polar surface area (TPSA) is 41.8 Å². The third-order valence-electron chi connectivity index (χ3n) is 3.23. The molecule has 3 N–H and O–H groups in total. The fraction of sp³-hybridized carbons (Fsp3) is 0.125. The summed E-state index contributed by atoms with van der Waals surface area (Å²) < 4.78 is 0. The molecule has 1 heterocycles. The molecular weight excluding hydrogens is 252 g/mol. The van der Waals surface area contributed by atoms with Crippen LogP contribution in [0.1, 0.15) is 11.1 Å². The first-order valence-corrected chi connectivity index (χ1v) is 7.14. The number of hydrogen-bond acceptors (Lipinski definition) is 2. The maximum atomic E-state index is 5.82. The molecule has 0 aliphatic rings. The van der Waals surface area contributed by atoms with Crippen LogP contribution in [0.4, 0.5) is 0 Å². The Labute approximate surface area is 117 Å². The number of fused-ring (bicyclic) bond motifs is 1. The van der Waals surface area contributed by atoms with E-state index in [0.717, 1.165) is 5.03 Å². The Morgan fingerprint density at radius 1 is 1.11 bits per heavy atom. The van der Waals surface area contributed by atoms with E-state index >= 15 is 0 Å². The van der Waals surface area contributed by atoms with Crippen LogP contribution in [-0.2, 0) is 6.54 Å². The zero-order valence-corrected chi connectivity index (χ0v) is 11.6. The average Bonchev–Trinajstić information content (AvgIpc) is 2.83. The van der Waals surface area contributed by atoms with Crippen LogP contribution in [0.15, 0.2) is 58.5 Å². The monoisotopic (exact) mass is 268 g/mol. The van der Waals surface area contributed by atoms with Crippen molar-refractivity contribution >= 4 is 22.7 Å². The summed E-state index contributed by atoms with van der Waals surface area (Å²) in [5.41, 5.74) is 9.47. The summed E-state index contributed by atoms with van der Waals surface area (Å²) in [6, 6.07) is 16.8. The van der Waals surface area contributed by atoms with Gasteiger partial charge in [0.2, 0.25) is 0 Å². The van der Waals surface area contributed by atoms with Gasteiger partial charge in [-0.15, -0.1) is 0 Å². The van der Waals surface area contributed by atoms with Gasteiger partial charge < -0.3 is 10.7 Å². The van der Waals surface area contributed by atoms with Gasteiger partial charge in [0.05, 0.1) is 5.03 Å². The van der Waals surface area contributed by atoms with Gasteiger partial charge in [-0.05, 0) is 30.2 Å². The molecule has 0 saturated heterocycles. The van der Waals surface area contributed by atoms with Crippen molar-refractivity contribution in [3.63, 3.8) is 0 Å². The molecule has 96 valence electrons. The van der Waals surface area contributed by atoms with Crippen molar-refractivity contribution in [1.82, 2.24) is 4.98 Å². The van der Waals surface area contributed by atoms with Crippen LogP contribution < -0.4 is 5.73 Å². The Kier molecular flexibility index (Phi) is 3.32. The van der Waals surface area contributed by atoms with E-state index in [1.807, 2.05) is 6.07 Å². The smallest absolute Gasteiger partial charge is 0.0781 e. The number of hydrogen-bond donors (Lipinski definition) is 2. The third-order valence-corrected chi connectivity index (χ3v) is 4.46. The lowest BCUT2D eigenvalue weighted by molar-refractivity contribution is 1.01. The highest BCUT2D eigenvalue weighted by Gasteiger charge is 2.08. The van der Waals surface area contributed by atoms with Gasteiger partial charge in [0.15, 0.2) is 0 Å². The Morgan fingerprint density at radius 2 is 1.95 bits per heavy atom. The standard InChI is InChI=1S/C16H16N2S/c1-11-5-4-7-13(10-17)16(11)19-15-9-12-6-2-3-8-14(12)18-15/h2-9,18H,10,17H2,1H3. The Bertz CT molecular complexity index is 683. The highest BCUT2D eigenvalue weighted by atomic mass is 32.2. The number of para-hydroxylation sites is 1. The summed E-state index contributed by atoms with van der Waals surface area (Å²) in [5.74, 6) is 0. The third kappa shape index (κ3) is 2.39. The van der Waals surface area contributed by atoms with Gasteiger partial charge in [0.1, 0.15) is 0 Å². The summed E-state index contributed by atoms with van der Waals surface area (Å²) in [5, 5.41) is 2.40. The van der Waals surface area contributed by atoms with E-state index in [4.69, 9.17) is 5.73 Å². The summed E-state index contributed by atoms with van der Waals surface area (Å²) in [6.45, 7) is 2.70. The summed E-state index contributed by atoms with van der Waals surface area (Å²) in [4.78, 5) is 4.71. The highest BCUT2D eigenvalue weighted by Crippen LogP contribution is 2.34. The molecule has 0 radical (unpaired) electrons. The van der Waals surface area contributed by atoms with Crippen LogP contribution in [0.25, 0.3) is 10.9 Å². The Morgan fingerprint density at radius 3 is 2.74 bits per heavy atom. The fourth-order valence-corrected chi connectivity index (χ4v) is 3.31. The van der Waals surface area contributed by atoms with Crippen LogP contribution in [0.2, 0.25) is 0 Å². The number of benzene rings is 2. The van der Waals surface area contributed by atoms with E-state index in [-0.39, 0.29) is 0 Å². The molecule has 0 unspecified atom stereocenters. The van der Waals surface area contributed by atoms with Crippen LogP contribution >= 0.6 is 11.8 Å². The molecule has 3 heteroatoms. The van der Waals surface area contributed by atoms with Gasteiger partial charge in [-0.2, -0.15) is 0 Å². The number of aryl methyl sites for hydroxylation is 1. The second-order valence-corrected chi connectivity index (χ2v) is 5.64. The molecule has 0 atom stereocenters. The summed E-state index contributed by atoms with van der Waals surface area (Å²) in [6.07, 6.45) is 0. The number of aromatic amines is 1.